The van der Waals surface area contributed by atoms with Gasteiger partial charge in [0.15, 0.2) is 0 Å². The second-order valence-corrected chi connectivity index (χ2v) is 3.63. The first-order valence-electron chi connectivity index (χ1n) is 5.45. The molecule has 0 unspecified atom stereocenters. The molecule has 0 amide bonds. The largest absolute Gasteiger partial charge is 0.469 e. The molecule has 1 heterocycles. The van der Waals surface area contributed by atoms with Crippen LogP contribution in [0, 0.1) is 0 Å². The van der Waals surface area contributed by atoms with E-state index in [1.54, 1.807) is 6.20 Å². The molecule has 2 rings (SSSR count). The number of carbonyl (C=O) groups is 1. The van der Waals surface area contributed by atoms with Gasteiger partial charge in [0.25, 0.3) is 0 Å². The van der Waals surface area contributed by atoms with Gasteiger partial charge in [-0.3, -0.25) is 4.79 Å². The van der Waals surface area contributed by atoms with Crippen molar-refractivity contribution in [2.75, 3.05) is 19.0 Å². The first-order chi connectivity index (χ1) is 8.31. The number of aromatic nitrogens is 1. The number of methoxy groups -OCH3 is 1. The lowest BCUT2D eigenvalue weighted by molar-refractivity contribution is -0.140. The number of nitrogens with one attached hydrogen (secondary N) is 1. The van der Waals surface area contributed by atoms with Gasteiger partial charge in [-0.1, -0.05) is 24.3 Å². The van der Waals surface area contributed by atoms with E-state index in [2.05, 4.69) is 15.0 Å². The van der Waals surface area contributed by atoms with Gasteiger partial charge in [0.1, 0.15) is 5.82 Å². The van der Waals surface area contributed by atoms with E-state index in [0.717, 1.165) is 16.6 Å². The van der Waals surface area contributed by atoms with Crippen molar-refractivity contribution in [1.82, 2.24) is 4.98 Å². The van der Waals surface area contributed by atoms with Crippen molar-refractivity contribution in [3.63, 3.8) is 0 Å². The molecule has 1 aromatic heterocycles. The molecule has 4 heteroatoms. The van der Waals surface area contributed by atoms with Crippen molar-refractivity contribution >= 4 is 22.6 Å². The fourth-order valence-electron chi connectivity index (χ4n) is 1.65. The highest BCUT2D eigenvalue weighted by Gasteiger charge is 2.03. The van der Waals surface area contributed by atoms with Crippen molar-refractivity contribution in [2.24, 2.45) is 0 Å². The van der Waals surface area contributed by atoms with Crippen molar-refractivity contribution in [2.45, 2.75) is 6.42 Å². The predicted molar refractivity (Wildman–Crippen MR) is 66.9 cm³/mol. The zero-order chi connectivity index (χ0) is 12.1. The molecular formula is C13H14N2O2. The van der Waals surface area contributed by atoms with Crippen LogP contribution in [0.4, 0.5) is 5.82 Å². The number of carbonyl (C=O) groups excluding carboxylic acids is 1. The standard InChI is InChI=1S/C13H14N2O2/c1-17-12(16)7-9-15-13-11-5-3-2-4-10(11)6-8-14-13/h2-6,8H,7,9H2,1H3,(H,14,15). The first-order valence-corrected chi connectivity index (χ1v) is 5.45. The molecule has 0 fully saturated rings. The van der Waals surface area contributed by atoms with E-state index >= 15 is 0 Å². The highest BCUT2D eigenvalue weighted by molar-refractivity contribution is 5.91. The number of ether oxygens (including phenoxy) is 1. The Balaban J connectivity index is 2.11. The Bertz CT molecular complexity index is 520. The Morgan fingerprint density at radius 1 is 1.35 bits per heavy atom. The van der Waals surface area contributed by atoms with Gasteiger partial charge in [-0.05, 0) is 11.5 Å². The monoisotopic (exact) mass is 230 g/mol. The minimum atomic E-state index is -0.224. The van der Waals surface area contributed by atoms with Crippen LogP contribution in [0.2, 0.25) is 0 Å². The fraction of sp³-hybridized carbons (Fsp3) is 0.231. The van der Waals surface area contributed by atoms with Crippen LogP contribution in [0.25, 0.3) is 10.8 Å². The number of hydrogen-bond acceptors (Lipinski definition) is 4. The smallest absolute Gasteiger partial charge is 0.307 e. The molecule has 17 heavy (non-hydrogen) atoms. The van der Waals surface area contributed by atoms with E-state index < -0.39 is 0 Å². The summed E-state index contributed by atoms with van der Waals surface area (Å²) in [6, 6.07) is 9.95. The van der Waals surface area contributed by atoms with Gasteiger partial charge < -0.3 is 10.1 Å². The number of pyridine rings is 1. The number of hydrogen-bond donors (Lipinski definition) is 1. The number of benzene rings is 1. The zero-order valence-corrected chi connectivity index (χ0v) is 9.64. The SMILES string of the molecule is COC(=O)CCNc1nccc2ccccc12. The number of anilines is 1. The molecule has 0 saturated heterocycles. The van der Waals surface area contributed by atoms with Gasteiger partial charge >= 0.3 is 5.97 Å². The maximum absolute atomic E-state index is 11.0. The van der Waals surface area contributed by atoms with Crippen LogP contribution in [0.3, 0.4) is 0 Å². The molecule has 0 aliphatic carbocycles. The van der Waals surface area contributed by atoms with Gasteiger partial charge in [-0.15, -0.1) is 0 Å². The van der Waals surface area contributed by atoms with Crippen LogP contribution in [0.15, 0.2) is 36.5 Å². The Labute approximate surface area is 99.6 Å². The van der Waals surface area contributed by atoms with Crippen LogP contribution in [0.1, 0.15) is 6.42 Å². The average Bonchev–Trinajstić information content (AvgIpc) is 2.39. The summed E-state index contributed by atoms with van der Waals surface area (Å²) in [7, 11) is 1.39. The Morgan fingerprint density at radius 2 is 2.18 bits per heavy atom. The van der Waals surface area contributed by atoms with E-state index in [4.69, 9.17) is 0 Å². The van der Waals surface area contributed by atoms with Crippen molar-refractivity contribution < 1.29 is 9.53 Å². The number of rotatable bonds is 4. The molecule has 0 aliphatic rings. The normalized spacial score (nSPS) is 10.2. The van der Waals surface area contributed by atoms with E-state index in [1.165, 1.54) is 7.11 Å². The Kier molecular flexibility index (Phi) is 3.55. The molecule has 0 bridgehead atoms. The first kappa shape index (κ1) is 11.4. The summed E-state index contributed by atoms with van der Waals surface area (Å²) in [5.74, 6) is 0.574. The molecule has 1 N–H and O–H groups in total. The second kappa shape index (κ2) is 5.30. The third kappa shape index (κ3) is 2.72. The average molecular weight is 230 g/mol. The van der Waals surface area contributed by atoms with Gasteiger partial charge in [0.05, 0.1) is 13.5 Å². The number of fused-ring (bicyclic) bond motifs is 1. The minimum Gasteiger partial charge on any atom is -0.469 e. The lowest BCUT2D eigenvalue weighted by atomic mass is 10.1. The predicted octanol–water partition coefficient (Wildman–Crippen LogP) is 2.21. The lowest BCUT2D eigenvalue weighted by Gasteiger charge is -2.07. The van der Waals surface area contributed by atoms with E-state index in [0.29, 0.717) is 13.0 Å². The molecule has 1 aromatic carbocycles. The maximum atomic E-state index is 11.0. The lowest BCUT2D eigenvalue weighted by Crippen LogP contribution is -2.10. The summed E-state index contributed by atoms with van der Waals surface area (Å²) in [4.78, 5) is 15.2. The summed E-state index contributed by atoms with van der Waals surface area (Å²) in [6.07, 6.45) is 2.09. The summed E-state index contributed by atoms with van der Waals surface area (Å²) in [5.41, 5.74) is 0. The molecule has 88 valence electrons. The maximum Gasteiger partial charge on any atom is 0.307 e. The molecule has 0 saturated carbocycles. The van der Waals surface area contributed by atoms with Crippen LogP contribution in [-0.2, 0) is 9.53 Å². The van der Waals surface area contributed by atoms with Gasteiger partial charge in [0, 0.05) is 18.1 Å². The van der Waals surface area contributed by atoms with Crippen LogP contribution < -0.4 is 5.32 Å². The van der Waals surface area contributed by atoms with Crippen LogP contribution >= 0.6 is 0 Å². The van der Waals surface area contributed by atoms with Crippen molar-refractivity contribution in [3.05, 3.63) is 36.5 Å². The zero-order valence-electron chi connectivity index (χ0n) is 9.64. The Morgan fingerprint density at radius 3 is 3.00 bits per heavy atom. The summed E-state index contributed by atoms with van der Waals surface area (Å²) in [6.45, 7) is 0.522. The summed E-state index contributed by atoms with van der Waals surface area (Å²) >= 11 is 0. The fourth-order valence-corrected chi connectivity index (χ4v) is 1.65. The molecule has 2 aromatic rings. The highest BCUT2D eigenvalue weighted by atomic mass is 16.5. The van der Waals surface area contributed by atoms with Gasteiger partial charge in [-0.2, -0.15) is 0 Å². The quantitative estimate of drug-likeness (QED) is 0.818. The molecule has 0 spiro atoms. The van der Waals surface area contributed by atoms with Crippen molar-refractivity contribution in [3.8, 4) is 0 Å². The highest BCUT2D eigenvalue weighted by Crippen LogP contribution is 2.20. The van der Waals surface area contributed by atoms with Crippen LogP contribution in [-0.4, -0.2) is 24.6 Å². The van der Waals surface area contributed by atoms with Crippen LogP contribution in [0.5, 0.6) is 0 Å². The van der Waals surface area contributed by atoms with Gasteiger partial charge in [0.2, 0.25) is 0 Å². The number of nitrogens with zero attached hydrogens (tertiary/aromatic N) is 1. The third-order valence-corrected chi connectivity index (χ3v) is 2.52. The van der Waals surface area contributed by atoms with E-state index in [1.807, 2.05) is 30.3 Å². The third-order valence-electron chi connectivity index (χ3n) is 2.52. The van der Waals surface area contributed by atoms with E-state index in [-0.39, 0.29) is 5.97 Å². The van der Waals surface area contributed by atoms with Crippen molar-refractivity contribution in [1.29, 1.82) is 0 Å². The topological polar surface area (TPSA) is 51.2 Å². The number of esters is 1. The molecular weight excluding hydrogens is 216 g/mol. The second-order valence-electron chi connectivity index (χ2n) is 3.63. The summed E-state index contributed by atoms with van der Waals surface area (Å²) < 4.78 is 4.58. The minimum absolute atomic E-state index is 0.224. The molecule has 0 radical (unpaired) electrons. The van der Waals surface area contributed by atoms with E-state index in [9.17, 15) is 4.79 Å². The summed E-state index contributed by atoms with van der Waals surface area (Å²) in [5, 5.41) is 5.32. The Hall–Kier alpha value is -2.10. The molecule has 0 aliphatic heterocycles. The molecule has 0 atom stereocenters. The molecule has 4 nitrogen and oxygen atoms in total. The van der Waals surface area contributed by atoms with Gasteiger partial charge in [-0.25, -0.2) is 4.98 Å².